The maximum atomic E-state index is 5.93. The second-order valence-corrected chi connectivity index (χ2v) is 6.17. The van der Waals surface area contributed by atoms with Crippen LogP contribution in [0.25, 0.3) is 0 Å². The first-order valence-electron chi connectivity index (χ1n) is 6.59. The monoisotopic (exact) mass is 210 g/mol. The molecule has 3 N–H and O–H groups in total. The molecule has 0 aliphatic heterocycles. The molecule has 0 bridgehead atoms. The van der Waals surface area contributed by atoms with Gasteiger partial charge >= 0.3 is 0 Å². The molecule has 0 spiro atoms. The van der Waals surface area contributed by atoms with Crippen molar-refractivity contribution in [2.45, 2.75) is 64.0 Å². The van der Waals surface area contributed by atoms with Crippen LogP contribution in [0.2, 0.25) is 0 Å². The summed E-state index contributed by atoms with van der Waals surface area (Å²) in [5, 5.41) is 3.82. The van der Waals surface area contributed by atoms with E-state index in [2.05, 4.69) is 19.2 Å². The van der Waals surface area contributed by atoms with E-state index in [1.54, 1.807) is 0 Å². The van der Waals surface area contributed by atoms with Gasteiger partial charge < -0.3 is 11.1 Å². The van der Waals surface area contributed by atoms with Crippen LogP contribution < -0.4 is 11.1 Å². The van der Waals surface area contributed by atoms with Crippen LogP contribution in [0, 0.1) is 11.8 Å². The van der Waals surface area contributed by atoms with Crippen molar-refractivity contribution in [3.05, 3.63) is 0 Å². The molecule has 0 aromatic carbocycles. The number of hydrogen-bond acceptors (Lipinski definition) is 2. The molecule has 2 aliphatic carbocycles. The van der Waals surface area contributed by atoms with Gasteiger partial charge in [0, 0.05) is 18.1 Å². The topological polar surface area (TPSA) is 38.0 Å². The standard InChI is InChI=1S/C13H26N2/c1-10-3-6-12(7-10)15-13(2,9-14)8-11-4-5-11/h10-12,15H,3-9,14H2,1-2H3. The summed E-state index contributed by atoms with van der Waals surface area (Å²) in [5.74, 6) is 1.87. The van der Waals surface area contributed by atoms with Crippen molar-refractivity contribution in [1.82, 2.24) is 5.32 Å². The lowest BCUT2D eigenvalue weighted by molar-refractivity contribution is 0.282. The van der Waals surface area contributed by atoms with E-state index >= 15 is 0 Å². The molecule has 0 saturated heterocycles. The van der Waals surface area contributed by atoms with Gasteiger partial charge in [-0.3, -0.25) is 0 Å². The first kappa shape index (κ1) is 11.4. The highest BCUT2D eigenvalue weighted by Gasteiger charge is 2.35. The average molecular weight is 210 g/mol. The molecule has 2 aliphatic rings. The molecule has 0 radical (unpaired) electrons. The van der Waals surface area contributed by atoms with Crippen LogP contribution in [0.5, 0.6) is 0 Å². The fourth-order valence-electron chi connectivity index (χ4n) is 2.99. The summed E-state index contributed by atoms with van der Waals surface area (Å²) in [6.07, 6.45) is 8.23. The van der Waals surface area contributed by atoms with Gasteiger partial charge in [-0.25, -0.2) is 0 Å². The Bertz CT molecular complexity index is 213. The Hall–Kier alpha value is -0.0800. The van der Waals surface area contributed by atoms with E-state index in [-0.39, 0.29) is 5.54 Å². The Morgan fingerprint density at radius 2 is 2.00 bits per heavy atom. The minimum absolute atomic E-state index is 0.204. The minimum Gasteiger partial charge on any atom is -0.329 e. The normalized spacial score (nSPS) is 35.4. The third-order valence-corrected chi connectivity index (χ3v) is 4.13. The third-order valence-electron chi connectivity index (χ3n) is 4.13. The minimum atomic E-state index is 0.204. The lowest BCUT2D eigenvalue weighted by Crippen LogP contribution is -2.52. The number of nitrogens with two attached hydrogens (primary N) is 1. The molecule has 3 unspecified atom stereocenters. The van der Waals surface area contributed by atoms with Crippen molar-refractivity contribution in [2.75, 3.05) is 6.54 Å². The van der Waals surface area contributed by atoms with E-state index in [4.69, 9.17) is 5.73 Å². The molecule has 2 saturated carbocycles. The van der Waals surface area contributed by atoms with E-state index in [0.29, 0.717) is 0 Å². The molecule has 2 heteroatoms. The summed E-state index contributed by atoms with van der Waals surface area (Å²) in [6, 6.07) is 0.729. The van der Waals surface area contributed by atoms with Gasteiger partial charge in [0.25, 0.3) is 0 Å². The van der Waals surface area contributed by atoms with Gasteiger partial charge in [0.05, 0.1) is 0 Å². The highest BCUT2D eigenvalue weighted by molar-refractivity contribution is 4.94. The molecular weight excluding hydrogens is 184 g/mol. The number of nitrogens with one attached hydrogen (secondary N) is 1. The van der Waals surface area contributed by atoms with E-state index < -0.39 is 0 Å². The molecule has 2 rings (SSSR count). The highest BCUT2D eigenvalue weighted by atomic mass is 15.0. The molecule has 2 fully saturated rings. The van der Waals surface area contributed by atoms with E-state index in [1.807, 2.05) is 0 Å². The maximum Gasteiger partial charge on any atom is 0.0280 e. The van der Waals surface area contributed by atoms with E-state index in [1.165, 1.54) is 38.5 Å². The Kier molecular flexibility index (Phi) is 3.36. The zero-order valence-corrected chi connectivity index (χ0v) is 10.3. The van der Waals surface area contributed by atoms with Gasteiger partial charge in [-0.05, 0) is 44.4 Å². The first-order valence-corrected chi connectivity index (χ1v) is 6.59. The SMILES string of the molecule is CC1CCC(NC(C)(CN)CC2CC2)C1. The summed E-state index contributed by atoms with van der Waals surface area (Å²) in [5.41, 5.74) is 6.14. The van der Waals surface area contributed by atoms with Crippen molar-refractivity contribution < 1.29 is 0 Å². The summed E-state index contributed by atoms with van der Waals surface area (Å²) in [7, 11) is 0. The van der Waals surface area contributed by atoms with Crippen LogP contribution in [-0.4, -0.2) is 18.1 Å². The van der Waals surface area contributed by atoms with Crippen molar-refractivity contribution in [3.8, 4) is 0 Å². The molecule has 0 amide bonds. The van der Waals surface area contributed by atoms with Crippen LogP contribution in [-0.2, 0) is 0 Å². The fourth-order valence-corrected chi connectivity index (χ4v) is 2.99. The maximum absolute atomic E-state index is 5.93. The smallest absolute Gasteiger partial charge is 0.0280 e. The van der Waals surface area contributed by atoms with Crippen molar-refractivity contribution in [3.63, 3.8) is 0 Å². The van der Waals surface area contributed by atoms with Crippen LogP contribution in [0.15, 0.2) is 0 Å². The van der Waals surface area contributed by atoms with Crippen molar-refractivity contribution in [2.24, 2.45) is 17.6 Å². The molecule has 2 nitrogen and oxygen atoms in total. The largest absolute Gasteiger partial charge is 0.329 e. The van der Waals surface area contributed by atoms with Crippen molar-refractivity contribution in [1.29, 1.82) is 0 Å². The molecule has 15 heavy (non-hydrogen) atoms. The van der Waals surface area contributed by atoms with Gasteiger partial charge in [-0.15, -0.1) is 0 Å². The Balaban J connectivity index is 1.82. The highest BCUT2D eigenvalue weighted by Crippen LogP contribution is 2.37. The predicted octanol–water partition coefficient (Wildman–Crippen LogP) is 2.28. The molecule has 0 aromatic heterocycles. The van der Waals surface area contributed by atoms with Gasteiger partial charge in [-0.1, -0.05) is 19.8 Å². The van der Waals surface area contributed by atoms with Crippen molar-refractivity contribution >= 4 is 0 Å². The summed E-state index contributed by atoms with van der Waals surface area (Å²) >= 11 is 0. The number of hydrogen-bond donors (Lipinski definition) is 2. The average Bonchev–Trinajstić information content (AvgIpc) is 2.90. The molecule has 3 atom stereocenters. The number of rotatable bonds is 5. The third kappa shape index (κ3) is 3.18. The Labute approximate surface area is 94.0 Å². The van der Waals surface area contributed by atoms with Gasteiger partial charge in [-0.2, -0.15) is 0 Å². The lowest BCUT2D eigenvalue weighted by atomic mass is 9.93. The molecular formula is C13H26N2. The fraction of sp³-hybridized carbons (Fsp3) is 1.00. The van der Waals surface area contributed by atoms with Gasteiger partial charge in [0.1, 0.15) is 0 Å². The lowest BCUT2D eigenvalue weighted by Gasteiger charge is -2.33. The van der Waals surface area contributed by atoms with E-state index in [9.17, 15) is 0 Å². The van der Waals surface area contributed by atoms with Crippen LogP contribution in [0.3, 0.4) is 0 Å². The Morgan fingerprint density at radius 1 is 1.27 bits per heavy atom. The van der Waals surface area contributed by atoms with E-state index in [0.717, 1.165) is 24.4 Å². The van der Waals surface area contributed by atoms with Crippen LogP contribution in [0.1, 0.15) is 52.4 Å². The second-order valence-electron chi connectivity index (χ2n) is 6.17. The zero-order chi connectivity index (χ0) is 10.9. The quantitative estimate of drug-likeness (QED) is 0.730. The first-order chi connectivity index (χ1) is 7.11. The summed E-state index contributed by atoms with van der Waals surface area (Å²) in [6.45, 7) is 5.46. The second kappa shape index (κ2) is 4.42. The van der Waals surface area contributed by atoms with Gasteiger partial charge in [0.2, 0.25) is 0 Å². The molecule has 0 heterocycles. The summed E-state index contributed by atoms with van der Waals surface area (Å²) in [4.78, 5) is 0. The summed E-state index contributed by atoms with van der Waals surface area (Å²) < 4.78 is 0. The van der Waals surface area contributed by atoms with Crippen LogP contribution >= 0.6 is 0 Å². The zero-order valence-electron chi connectivity index (χ0n) is 10.3. The van der Waals surface area contributed by atoms with Gasteiger partial charge in [0.15, 0.2) is 0 Å². The Morgan fingerprint density at radius 3 is 2.47 bits per heavy atom. The van der Waals surface area contributed by atoms with Crippen LogP contribution in [0.4, 0.5) is 0 Å². The predicted molar refractivity (Wildman–Crippen MR) is 64.7 cm³/mol. The molecule has 88 valence electrons. The molecule has 0 aromatic rings.